The van der Waals surface area contributed by atoms with E-state index in [0.717, 1.165) is 37.1 Å². The molecule has 172 valence electrons. The molecule has 1 aromatic carbocycles. The van der Waals surface area contributed by atoms with Gasteiger partial charge in [-0.3, -0.25) is 19.3 Å². The number of aromatic nitrogens is 3. The van der Waals surface area contributed by atoms with Crippen LogP contribution < -0.4 is 5.32 Å². The quantitative estimate of drug-likeness (QED) is 0.645. The van der Waals surface area contributed by atoms with E-state index in [2.05, 4.69) is 15.5 Å². The van der Waals surface area contributed by atoms with Crippen molar-refractivity contribution in [3.05, 3.63) is 34.6 Å². The Morgan fingerprint density at radius 1 is 1.12 bits per heavy atom. The minimum absolute atomic E-state index is 0.0677. The first-order valence-corrected chi connectivity index (χ1v) is 12.2. The molecule has 2 N–H and O–H groups in total. The van der Waals surface area contributed by atoms with Crippen molar-refractivity contribution < 1.29 is 9.59 Å². The summed E-state index contributed by atoms with van der Waals surface area (Å²) in [6.45, 7) is 3.74. The molecule has 2 heterocycles. The number of likely N-dealkylation sites (tertiary alicyclic amines) is 1. The van der Waals surface area contributed by atoms with Crippen molar-refractivity contribution in [3.8, 4) is 11.4 Å². The Hall–Kier alpha value is -2.48. The zero-order chi connectivity index (χ0) is 22.5. The minimum atomic E-state index is -0.103. The summed E-state index contributed by atoms with van der Waals surface area (Å²) in [5.74, 6) is 0.825. The molecule has 2 fully saturated rings. The molecule has 2 aliphatic rings. The fourth-order valence-corrected chi connectivity index (χ4v) is 5.02. The Labute approximate surface area is 194 Å². The van der Waals surface area contributed by atoms with Crippen LogP contribution in [-0.4, -0.2) is 50.6 Å². The van der Waals surface area contributed by atoms with Crippen molar-refractivity contribution in [1.82, 2.24) is 25.0 Å². The lowest BCUT2D eigenvalue weighted by atomic mass is 9.93. The Kier molecular flexibility index (Phi) is 7.40. The molecule has 1 aliphatic carbocycles. The van der Waals surface area contributed by atoms with Gasteiger partial charge in [-0.05, 0) is 44.8 Å². The third kappa shape index (κ3) is 5.46. The van der Waals surface area contributed by atoms with Crippen LogP contribution in [-0.2, 0) is 16.1 Å². The number of carbonyl (C=O) groups excluding carboxylic acids is 2. The number of nitrogens with zero attached hydrogens (tertiary/aromatic N) is 3. The second-order valence-electron chi connectivity index (χ2n) is 9.14. The van der Waals surface area contributed by atoms with Crippen LogP contribution >= 0.6 is 12.2 Å². The normalized spacial score (nSPS) is 19.7. The molecule has 0 radical (unpaired) electrons. The number of hydrogen-bond acceptors (Lipinski definition) is 4. The third-order valence-corrected chi connectivity index (χ3v) is 7.03. The van der Waals surface area contributed by atoms with Gasteiger partial charge >= 0.3 is 0 Å². The van der Waals surface area contributed by atoms with E-state index < -0.39 is 0 Å². The highest BCUT2D eigenvalue weighted by Gasteiger charge is 2.29. The summed E-state index contributed by atoms with van der Waals surface area (Å²) in [5, 5.41) is 10.4. The maximum absolute atomic E-state index is 13.0. The van der Waals surface area contributed by atoms with E-state index in [9.17, 15) is 9.59 Å². The number of aryl methyl sites for hydroxylation is 1. The van der Waals surface area contributed by atoms with Crippen molar-refractivity contribution in [3.63, 3.8) is 0 Å². The van der Waals surface area contributed by atoms with E-state index in [1.807, 2.05) is 40.7 Å². The first-order chi connectivity index (χ1) is 15.5. The molecule has 8 heteroatoms. The number of H-pyrrole nitrogens is 1. The van der Waals surface area contributed by atoms with Gasteiger partial charge in [0, 0.05) is 37.7 Å². The van der Waals surface area contributed by atoms with E-state index in [-0.39, 0.29) is 17.7 Å². The van der Waals surface area contributed by atoms with Crippen molar-refractivity contribution >= 4 is 24.0 Å². The van der Waals surface area contributed by atoms with Gasteiger partial charge in [-0.25, -0.2) is 0 Å². The number of aromatic amines is 1. The predicted molar refractivity (Wildman–Crippen MR) is 127 cm³/mol. The minimum Gasteiger partial charge on any atom is -0.353 e. The van der Waals surface area contributed by atoms with E-state index in [0.29, 0.717) is 36.9 Å². The van der Waals surface area contributed by atoms with Gasteiger partial charge in [-0.15, -0.1) is 0 Å². The number of piperidine rings is 1. The SMILES string of the molecule is Cc1ccc(-c2n[nH]c(=S)n2CCC(=O)N2CCCC(C(=O)NC3CCCCC3)C2)cc1. The maximum Gasteiger partial charge on any atom is 0.225 e. The Balaban J connectivity index is 1.34. The predicted octanol–water partition coefficient (Wildman–Crippen LogP) is 3.99. The largest absolute Gasteiger partial charge is 0.353 e. The number of rotatable bonds is 6. The van der Waals surface area contributed by atoms with E-state index in [1.54, 1.807) is 0 Å². The van der Waals surface area contributed by atoms with E-state index in [1.165, 1.54) is 24.8 Å². The van der Waals surface area contributed by atoms with Gasteiger partial charge in [0.25, 0.3) is 0 Å². The Morgan fingerprint density at radius 2 is 1.88 bits per heavy atom. The molecular formula is C24H33N5O2S. The fraction of sp³-hybridized carbons (Fsp3) is 0.583. The van der Waals surface area contributed by atoms with Crippen LogP contribution in [0.15, 0.2) is 24.3 Å². The molecule has 1 aromatic heterocycles. The van der Waals surface area contributed by atoms with Crippen LogP contribution in [0.25, 0.3) is 11.4 Å². The van der Waals surface area contributed by atoms with Gasteiger partial charge < -0.3 is 10.2 Å². The highest BCUT2D eigenvalue weighted by atomic mass is 32.1. The lowest BCUT2D eigenvalue weighted by molar-refractivity contribution is -0.136. The summed E-state index contributed by atoms with van der Waals surface area (Å²) < 4.78 is 2.39. The lowest BCUT2D eigenvalue weighted by Gasteiger charge is -2.33. The Morgan fingerprint density at radius 3 is 2.62 bits per heavy atom. The van der Waals surface area contributed by atoms with Crippen LogP contribution in [0.4, 0.5) is 0 Å². The molecule has 1 unspecified atom stereocenters. The number of carbonyl (C=O) groups is 2. The highest BCUT2D eigenvalue weighted by Crippen LogP contribution is 2.22. The van der Waals surface area contributed by atoms with E-state index in [4.69, 9.17) is 12.2 Å². The average molecular weight is 456 g/mol. The molecule has 2 amide bonds. The van der Waals surface area contributed by atoms with Crippen molar-refractivity contribution in [2.75, 3.05) is 13.1 Å². The zero-order valence-electron chi connectivity index (χ0n) is 18.8. The molecule has 1 saturated carbocycles. The molecule has 2 aromatic rings. The van der Waals surface area contributed by atoms with Gasteiger partial charge in [0.2, 0.25) is 11.8 Å². The van der Waals surface area contributed by atoms with Crippen molar-refractivity contribution in [2.24, 2.45) is 5.92 Å². The van der Waals surface area contributed by atoms with E-state index >= 15 is 0 Å². The molecular weight excluding hydrogens is 422 g/mol. The lowest BCUT2D eigenvalue weighted by Crippen LogP contribution is -2.48. The maximum atomic E-state index is 13.0. The molecule has 1 atom stereocenters. The van der Waals surface area contributed by atoms with Crippen LogP contribution in [0.2, 0.25) is 0 Å². The smallest absolute Gasteiger partial charge is 0.225 e. The summed E-state index contributed by atoms with van der Waals surface area (Å²) in [7, 11) is 0. The monoisotopic (exact) mass is 455 g/mol. The van der Waals surface area contributed by atoms with Crippen molar-refractivity contribution in [1.29, 1.82) is 0 Å². The zero-order valence-corrected chi connectivity index (χ0v) is 19.6. The highest BCUT2D eigenvalue weighted by molar-refractivity contribution is 7.71. The molecule has 0 bridgehead atoms. The summed E-state index contributed by atoms with van der Waals surface area (Å²) in [6, 6.07) is 8.41. The van der Waals surface area contributed by atoms with Crippen LogP contribution in [0.5, 0.6) is 0 Å². The summed E-state index contributed by atoms with van der Waals surface area (Å²) in [4.78, 5) is 27.6. The summed E-state index contributed by atoms with van der Waals surface area (Å²) >= 11 is 5.40. The summed E-state index contributed by atoms with van der Waals surface area (Å²) in [5.41, 5.74) is 2.14. The topological polar surface area (TPSA) is 83.0 Å². The molecule has 7 nitrogen and oxygen atoms in total. The molecule has 1 aliphatic heterocycles. The second-order valence-corrected chi connectivity index (χ2v) is 9.53. The first-order valence-electron chi connectivity index (χ1n) is 11.8. The molecule has 1 saturated heterocycles. The second kappa shape index (κ2) is 10.4. The van der Waals surface area contributed by atoms with Gasteiger partial charge in [0.15, 0.2) is 10.6 Å². The first kappa shape index (κ1) is 22.7. The van der Waals surface area contributed by atoms with Crippen molar-refractivity contribution in [2.45, 2.75) is 70.9 Å². The van der Waals surface area contributed by atoms with Crippen LogP contribution in [0.1, 0.15) is 56.9 Å². The van der Waals surface area contributed by atoms with Gasteiger partial charge in [0.1, 0.15) is 0 Å². The van der Waals surface area contributed by atoms with Gasteiger partial charge in [-0.1, -0.05) is 49.1 Å². The average Bonchev–Trinajstić information content (AvgIpc) is 3.19. The fourth-order valence-electron chi connectivity index (χ4n) is 4.80. The standard InChI is InChI=1S/C24H33N5O2S/c1-17-9-11-18(12-10-17)22-26-27-24(32)29(22)15-13-21(30)28-14-5-6-19(16-28)23(31)25-20-7-3-2-4-8-20/h9-12,19-20H,2-8,13-16H2,1H3,(H,25,31)(H,27,32). The van der Waals surface area contributed by atoms with Crippen LogP contribution in [0, 0.1) is 17.6 Å². The molecule has 0 spiro atoms. The number of benzene rings is 1. The number of nitrogens with one attached hydrogen (secondary N) is 2. The summed E-state index contributed by atoms with van der Waals surface area (Å²) in [6.07, 6.45) is 7.88. The number of hydrogen-bond donors (Lipinski definition) is 2. The Bertz CT molecular complexity index is 991. The van der Waals surface area contributed by atoms with Gasteiger partial charge in [-0.2, -0.15) is 5.10 Å². The molecule has 4 rings (SSSR count). The molecule has 32 heavy (non-hydrogen) atoms. The van der Waals surface area contributed by atoms with Gasteiger partial charge in [0.05, 0.1) is 5.92 Å². The number of amides is 2. The van der Waals surface area contributed by atoms with Crippen LogP contribution in [0.3, 0.4) is 0 Å². The third-order valence-electron chi connectivity index (χ3n) is 6.71.